The molecule has 0 aliphatic heterocycles. The summed E-state index contributed by atoms with van der Waals surface area (Å²) in [5.41, 5.74) is 11.1. The third-order valence-electron chi connectivity index (χ3n) is 3.71. The smallest absolute Gasteiger partial charge is 0.176 e. The largest absolute Gasteiger partial charge is 0.399 e. The van der Waals surface area contributed by atoms with Crippen molar-refractivity contribution in [2.24, 2.45) is 0 Å². The van der Waals surface area contributed by atoms with Crippen molar-refractivity contribution in [2.45, 2.75) is 20.4 Å². The number of nitrogens with two attached hydrogens (primary N) is 1. The maximum absolute atomic E-state index is 11.4. The van der Waals surface area contributed by atoms with Crippen molar-refractivity contribution >= 4 is 28.2 Å². The van der Waals surface area contributed by atoms with Gasteiger partial charge in [-0.2, -0.15) is 0 Å². The van der Waals surface area contributed by atoms with E-state index in [9.17, 15) is 4.79 Å². The van der Waals surface area contributed by atoms with Crippen LogP contribution in [0.3, 0.4) is 0 Å². The van der Waals surface area contributed by atoms with Crippen molar-refractivity contribution in [3.05, 3.63) is 53.3 Å². The number of hydrogen-bond donors (Lipinski definition) is 3. The van der Waals surface area contributed by atoms with Gasteiger partial charge in [0.25, 0.3) is 0 Å². The number of nitrogens with zero attached hydrogens (tertiary/aromatic N) is 1. The summed E-state index contributed by atoms with van der Waals surface area (Å²) in [7, 11) is 0. The van der Waals surface area contributed by atoms with Crippen molar-refractivity contribution in [3.8, 4) is 0 Å². The Hall–Kier alpha value is -2.82. The fourth-order valence-electron chi connectivity index (χ4n) is 2.38. The molecule has 3 rings (SSSR count). The second kappa shape index (κ2) is 5.52. The zero-order valence-corrected chi connectivity index (χ0v) is 12.6. The highest BCUT2D eigenvalue weighted by Gasteiger charge is 2.07. The molecule has 112 valence electrons. The zero-order chi connectivity index (χ0) is 15.7. The summed E-state index contributed by atoms with van der Waals surface area (Å²) >= 11 is 0. The topological polar surface area (TPSA) is 83.8 Å². The van der Waals surface area contributed by atoms with Crippen molar-refractivity contribution in [1.29, 1.82) is 0 Å². The molecule has 5 nitrogen and oxygen atoms in total. The summed E-state index contributed by atoms with van der Waals surface area (Å²) in [4.78, 5) is 18.7. The van der Waals surface area contributed by atoms with Crippen LogP contribution in [-0.4, -0.2) is 15.8 Å². The van der Waals surface area contributed by atoms with Gasteiger partial charge in [0.05, 0.1) is 17.6 Å². The van der Waals surface area contributed by atoms with Crippen LogP contribution in [0.2, 0.25) is 0 Å². The maximum Gasteiger partial charge on any atom is 0.176 e. The van der Waals surface area contributed by atoms with Gasteiger partial charge in [-0.05, 0) is 42.3 Å². The Morgan fingerprint density at radius 1 is 1.32 bits per heavy atom. The summed E-state index contributed by atoms with van der Waals surface area (Å²) in [6.07, 6.45) is 1.75. The number of Topliss-reactive ketones (excluding diaryl/α,β-unsaturated/α-hetero) is 1. The van der Waals surface area contributed by atoms with Gasteiger partial charge in [-0.1, -0.05) is 6.07 Å². The number of carbonyl (C=O) groups excluding carboxylic acids is 1. The molecule has 0 aliphatic carbocycles. The molecule has 0 atom stereocenters. The van der Waals surface area contributed by atoms with E-state index in [1.165, 1.54) is 12.5 Å². The first-order valence-electron chi connectivity index (χ1n) is 7.11. The monoisotopic (exact) mass is 294 g/mol. The summed E-state index contributed by atoms with van der Waals surface area (Å²) < 4.78 is 0. The van der Waals surface area contributed by atoms with Crippen LogP contribution in [0, 0.1) is 6.92 Å². The van der Waals surface area contributed by atoms with E-state index < -0.39 is 0 Å². The lowest BCUT2D eigenvalue weighted by molar-refractivity contribution is 0.101. The minimum absolute atomic E-state index is 0.00268. The number of fused-ring (bicyclic) bond motifs is 1. The maximum atomic E-state index is 11.4. The predicted octanol–water partition coefficient (Wildman–Crippen LogP) is 3.27. The van der Waals surface area contributed by atoms with Gasteiger partial charge in [0.2, 0.25) is 0 Å². The van der Waals surface area contributed by atoms with Crippen LogP contribution < -0.4 is 11.1 Å². The number of hydrogen-bond acceptors (Lipinski definition) is 4. The lowest BCUT2D eigenvalue weighted by Crippen LogP contribution is -2.02. The molecule has 0 saturated carbocycles. The van der Waals surface area contributed by atoms with E-state index >= 15 is 0 Å². The molecule has 22 heavy (non-hydrogen) atoms. The highest BCUT2D eigenvalue weighted by atomic mass is 16.1. The van der Waals surface area contributed by atoms with Crippen LogP contribution in [0.1, 0.15) is 28.5 Å². The standard InChI is InChI=1S/C17H18N4O/c1-10-3-4-14(18)5-13(10)8-19-15-6-12-7-16(11(2)22)21-17(12)20-9-15/h3-7,9,19H,8,18H2,1-2H3,(H,20,21). The summed E-state index contributed by atoms with van der Waals surface area (Å²) in [6.45, 7) is 4.27. The van der Waals surface area contributed by atoms with Crippen molar-refractivity contribution in [3.63, 3.8) is 0 Å². The SMILES string of the molecule is CC(=O)c1cc2cc(NCc3cc(N)ccc3C)cnc2[nH]1. The van der Waals surface area contributed by atoms with Gasteiger partial charge >= 0.3 is 0 Å². The Morgan fingerprint density at radius 3 is 2.91 bits per heavy atom. The number of nitrogens with one attached hydrogen (secondary N) is 2. The van der Waals surface area contributed by atoms with Gasteiger partial charge in [-0.3, -0.25) is 4.79 Å². The van der Waals surface area contributed by atoms with Gasteiger partial charge in [0.15, 0.2) is 5.78 Å². The van der Waals surface area contributed by atoms with Crippen LogP contribution in [0.5, 0.6) is 0 Å². The van der Waals surface area contributed by atoms with E-state index in [-0.39, 0.29) is 5.78 Å². The van der Waals surface area contributed by atoms with E-state index in [2.05, 4.69) is 22.2 Å². The average Bonchev–Trinajstić information content (AvgIpc) is 2.91. The van der Waals surface area contributed by atoms with Gasteiger partial charge in [0.1, 0.15) is 5.65 Å². The Labute approximate surface area is 128 Å². The van der Waals surface area contributed by atoms with E-state index in [4.69, 9.17) is 5.73 Å². The van der Waals surface area contributed by atoms with Gasteiger partial charge in [-0.25, -0.2) is 4.98 Å². The number of aromatic amines is 1. The quantitative estimate of drug-likeness (QED) is 0.509. The average molecular weight is 294 g/mol. The minimum Gasteiger partial charge on any atom is -0.399 e. The number of carbonyl (C=O) groups is 1. The molecule has 2 heterocycles. The molecular weight excluding hydrogens is 276 g/mol. The van der Waals surface area contributed by atoms with Crippen LogP contribution in [-0.2, 0) is 6.54 Å². The molecule has 3 aromatic rings. The predicted molar refractivity (Wildman–Crippen MR) is 89.0 cm³/mol. The summed E-state index contributed by atoms with van der Waals surface area (Å²) in [6, 6.07) is 9.68. The molecule has 4 N–H and O–H groups in total. The molecule has 0 spiro atoms. The minimum atomic E-state index is 0.00268. The number of anilines is 2. The number of pyridine rings is 1. The molecule has 0 unspecified atom stereocenters. The highest BCUT2D eigenvalue weighted by molar-refractivity contribution is 5.97. The Kier molecular flexibility index (Phi) is 3.55. The fourth-order valence-corrected chi connectivity index (χ4v) is 2.38. The molecule has 5 heteroatoms. The lowest BCUT2D eigenvalue weighted by Gasteiger charge is -2.09. The molecule has 0 fully saturated rings. The number of H-pyrrole nitrogens is 1. The van der Waals surface area contributed by atoms with E-state index in [0.29, 0.717) is 12.2 Å². The lowest BCUT2D eigenvalue weighted by atomic mass is 10.1. The molecular formula is C17H18N4O. The number of benzene rings is 1. The molecule has 1 aromatic carbocycles. The first kappa shape index (κ1) is 14.1. The van der Waals surface area contributed by atoms with Crippen LogP contribution in [0.4, 0.5) is 11.4 Å². The van der Waals surface area contributed by atoms with Crippen molar-refractivity contribution in [2.75, 3.05) is 11.1 Å². The van der Waals surface area contributed by atoms with E-state index in [1.807, 2.05) is 30.3 Å². The number of ketones is 1. The van der Waals surface area contributed by atoms with Crippen LogP contribution in [0.25, 0.3) is 11.0 Å². The van der Waals surface area contributed by atoms with Gasteiger partial charge in [0, 0.05) is 24.5 Å². The number of nitrogen functional groups attached to an aromatic ring is 1. The van der Waals surface area contributed by atoms with Gasteiger partial charge in [-0.15, -0.1) is 0 Å². The number of rotatable bonds is 4. The van der Waals surface area contributed by atoms with Crippen molar-refractivity contribution in [1.82, 2.24) is 9.97 Å². The second-order valence-electron chi connectivity index (χ2n) is 5.44. The molecule has 0 saturated heterocycles. The van der Waals surface area contributed by atoms with E-state index in [0.717, 1.165) is 28.0 Å². The van der Waals surface area contributed by atoms with Crippen LogP contribution in [0.15, 0.2) is 36.5 Å². The van der Waals surface area contributed by atoms with Gasteiger partial charge < -0.3 is 16.0 Å². The molecule has 2 aromatic heterocycles. The Bertz CT molecular complexity index is 851. The Morgan fingerprint density at radius 2 is 2.14 bits per heavy atom. The van der Waals surface area contributed by atoms with Crippen molar-refractivity contribution < 1.29 is 4.79 Å². The second-order valence-corrected chi connectivity index (χ2v) is 5.44. The first-order chi connectivity index (χ1) is 10.5. The third kappa shape index (κ3) is 2.79. The third-order valence-corrected chi connectivity index (χ3v) is 3.71. The first-order valence-corrected chi connectivity index (χ1v) is 7.11. The fraction of sp³-hybridized carbons (Fsp3) is 0.176. The van der Waals surface area contributed by atoms with Crippen LogP contribution >= 0.6 is 0 Å². The summed E-state index contributed by atoms with van der Waals surface area (Å²) in [5.74, 6) is 0.00268. The number of aryl methyl sites for hydroxylation is 1. The molecule has 0 radical (unpaired) electrons. The highest BCUT2D eigenvalue weighted by Crippen LogP contribution is 2.20. The molecule has 0 amide bonds. The van der Waals surface area contributed by atoms with E-state index in [1.54, 1.807) is 6.20 Å². The summed E-state index contributed by atoms with van der Waals surface area (Å²) in [5, 5.41) is 4.26. The normalized spacial score (nSPS) is 10.8. The zero-order valence-electron chi connectivity index (χ0n) is 12.6. The number of aromatic nitrogens is 2. The molecule has 0 aliphatic rings. The molecule has 0 bridgehead atoms. The Balaban J connectivity index is 1.82.